The summed E-state index contributed by atoms with van der Waals surface area (Å²) in [6.45, 7) is 9.49. The Kier molecular flexibility index (Phi) is 43.4. The number of nitrogens with two attached hydrogens (primary N) is 1. The molecule has 33 heteroatoms. The Morgan fingerprint density at radius 1 is 0.455 bits per heavy atom. The van der Waals surface area contributed by atoms with Gasteiger partial charge in [0.15, 0.2) is 17.0 Å². The maximum absolute atomic E-state index is 13.3. The molecule has 3 saturated heterocycles. The Labute approximate surface area is 883 Å². The highest BCUT2D eigenvalue weighted by Gasteiger charge is 2.52. The van der Waals surface area contributed by atoms with Gasteiger partial charge in [0.25, 0.3) is 11.8 Å². The van der Waals surface area contributed by atoms with Gasteiger partial charge in [-0.1, -0.05) is 147 Å². The number of carboxylic acids is 1. The lowest BCUT2D eigenvalue weighted by molar-refractivity contribution is -0.159. The smallest absolute Gasteiger partial charge is 0.342 e. The van der Waals surface area contributed by atoms with Gasteiger partial charge in [0.05, 0.1) is 56.7 Å². The molecule has 21 rings (SSSR count). The van der Waals surface area contributed by atoms with Crippen LogP contribution in [0.3, 0.4) is 0 Å². The summed E-state index contributed by atoms with van der Waals surface area (Å²) in [5.74, 6) is -2.25. The van der Waals surface area contributed by atoms with Gasteiger partial charge in [-0.05, 0) is 323 Å². The van der Waals surface area contributed by atoms with Gasteiger partial charge in [0.2, 0.25) is 23.3 Å². The number of carboxylic acid groups (broad SMARTS) is 1. The summed E-state index contributed by atoms with van der Waals surface area (Å²) in [4.78, 5) is 119. The zero-order valence-electron chi connectivity index (χ0n) is 81.0. The Balaban J connectivity index is 0.000000161. The van der Waals surface area contributed by atoms with Crippen molar-refractivity contribution in [3.8, 4) is 6.07 Å². The summed E-state index contributed by atoms with van der Waals surface area (Å²) in [5, 5.41) is 64.3. The number of fused-ring (bicyclic) bond motifs is 7. The number of aliphatic carboxylic acids is 1. The van der Waals surface area contributed by atoms with Crippen LogP contribution in [0.5, 0.6) is 0 Å². The van der Waals surface area contributed by atoms with Crippen LogP contribution in [0, 0.1) is 11.3 Å². The van der Waals surface area contributed by atoms with Gasteiger partial charge in [-0.15, -0.1) is 46.4 Å². The lowest BCUT2D eigenvalue weighted by Gasteiger charge is -2.31. The van der Waals surface area contributed by atoms with E-state index in [9.17, 15) is 48.9 Å². The average Bonchev–Trinajstić information content (AvgIpc) is 1.58. The monoisotopic (exact) mass is 2100 g/mol. The molecule has 0 radical (unpaired) electrons. The zero-order valence-corrected chi connectivity index (χ0v) is 86.3. The second kappa shape index (κ2) is 55.3. The fourth-order valence-electron chi connectivity index (χ4n) is 19.6. The van der Waals surface area contributed by atoms with E-state index in [4.69, 9.17) is 97.3 Å². The molecule has 0 saturated carbocycles. The molecular weight excluding hydrogens is 1980 g/mol. The number of rotatable bonds is 16. The highest BCUT2D eigenvalue weighted by Crippen LogP contribution is 2.43. The number of hydrogen-bond donors (Lipinski definition) is 9. The van der Waals surface area contributed by atoms with Gasteiger partial charge in [-0.2, -0.15) is 5.26 Å². The fourth-order valence-corrected chi connectivity index (χ4v) is 20.2. The van der Waals surface area contributed by atoms with Crippen LogP contribution in [0.15, 0.2) is 213 Å². The van der Waals surface area contributed by atoms with Crippen molar-refractivity contribution in [2.45, 2.75) is 242 Å². The fraction of sp³-hybridized carbons (Fsp3) is 0.384. The second-order valence-electron chi connectivity index (χ2n) is 36.3. The Morgan fingerprint density at radius 3 is 1.32 bits per heavy atom. The molecule has 0 spiro atoms. The summed E-state index contributed by atoms with van der Waals surface area (Å²) < 4.78 is 0. The van der Waals surface area contributed by atoms with E-state index in [-0.39, 0.29) is 72.5 Å². The number of halogens is 7. The Hall–Kier alpha value is -11.5. The molecule has 7 aromatic heterocycles. The van der Waals surface area contributed by atoms with Gasteiger partial charge < -0.3 is 57.2 Å². The molecule has 0 bridgehead atoms. The summed E-state index contributed by atoms with van der Waals surface area (Å²) in [7, 11) is 0. The van der Waals surface area contributed by atoms with E-state index in [2.05, 4.69) is 125 Å². The number of nitriles is 1. The summed E-state index contributed by atoms with van der Waals surface area (Å²) in [6, 6.07) is 55.6. The number of carbonyl (C=O) groups is 7. The van der Waals surface area contributed by atoms with E-state index in [0.29, 0.717) is 117 Å². The van der Waals surface area contributed by atoms with Crippen LogP contribution in [0.4, 0.5) is 0 Å². The number of aliphatic hydroxyl groups is 3. The van der Waals surface area contributed by atoms with Gasteiger partial charge in [0, 0.05) is 110 Å². The molecule has 4 aromatic carbocycles. The molecule has 7 aliphatic carbocycles. The van der Waals surface area contributed by atoms with Crippen LogP contribution in [0.1, 0.15) is 234 Å². The average molecular weight is 2110 g/mol. The minimum atomic E-state index is -1.77. The van der Waals surface area contributed by atoms with Crippen molar-refractivity contribution in [1.29, 1.82) is 5.26 Å². The zero-order chi connectivity index (χ0) is 103. The molecular formula is C112H126Cl7N15O11. The first-order valence-corrected chi connectivity index (χ1v) is 52.0. The third-order valence-corrected chi connectivity index (χ3v) is 27.9. The predicted octanol–water partition coefficient (Wildman–Crippen LogP) is 18.6. The number of nitrogens with zero attached hydrogens (tertiary/aromatic N) is 10. The van der Waals surface area contributed by atoms with E-state index in [0.717, 1.165) is 132 Å². The molecule has 764 valence electrons. The van der Waals surface area contributed by atoms with Crippen LogP contribution in [0.25, 0.3) is 11.6 Å². The molecule has 5 amide bonds. The number of benzene rings is 4. The van der Waals surface area contributed by atoms with Gasteiger partial charge in [-0.25, -0.2) is 4.79 Å². The molecule has 10 aliphatic rings. The predicted molar refractivity (Wildman–Crippen MR) is 569 cm³/mol. The van der Waals surface area contributed by atoms with Crippen LogP contribution in [-0.4, -0.2) is 155 Å². The molecule has 7 atom stereocenters. The maximum Gasteiger partial charge on any atom is 0.342 e. The van der Waals surface area contributed by atoms with Crippen molar-refractivity contribution in [3.63, 3.8) is 0 Å². The van der Waals surface area contributed by atoms with Crippen LogP contribution < -0.4 is 27.0 Å². The van der Waals surface area contributed by atoms with Crippen molar-refractivity contribution >= 4 is 134 Å². The van der Waals surface area contributed by atoms with Crippen LogP contribution in [0.2, 0.25) is 15.1 Å². The summed E-state index contributed by atoms with van der Waals surface area (Å²) in [6.07, 6.45) is 32.4. The van der Waals surface area contributed by atoms with Crippen molar-refractivity contribution in [1.82, 2.24) is 66.0 Å². The number of alkyl halides is 4. The largest absolute Gasteiger partial charge is 0.479 e. The first kappa shape index (κ1) is 114. The third kappa shape index (κ3) is 29.3. The molecule has 11 aromatic rings. The minimum absolute atomic E-state index is 0. The first-order chi connectivity index (χ1) is 69.6. The number of aromatic nitrogens is 7. The standard InChI is InChI=1S/C23H26ClN3O3.C22H25ClN4O3.C15H13N.C14H19ClN2O.C10H10N2.C9H9NO3.C8H7NO.C8H9N.2CH2Cl2.CH4/c1-2-15-7-8-18(24)13-17(15)14-26-21(28)19-6-4-12-27(19)22(29)23(30)10-9-16-5-3-11-25-20(16)23;23-17-6-5-15(12-24)16(11-17)13-26-20(28)18-4-2-10-27(18)21(29)22(30)8-7-14-3-1-9-25-19(14)22;1-2-5-12(6-3-1)11-14-9-8-13-7-4-10-16-15(13)14;1-2-10-5-6-12(15)8-11(10)9-17-14(18)13-4-3-7-16-13;1-10(7-11)5-4-8-3-2-6-12-9(8)10;11-8(12)9(13)4-3-6-2-1-5-10-7(6)9;10-7-4-3-6-2-1-5-9-8(6)7;1-3-7-4-2-6-9-8(7)5-1;2*2-1-3;/h3,5,7-8,11,13,19,30H,2,4,6,9-10,12,14H2,1H3,(H,26,28);1,3,5-6,9,11,18,30H,2,4,7-8,10,12-13,24H2,(H,26,28);1-7,10-11H,8-9H2;5-6,8,13,16H,2-4,7,9H2,1H3,(H,17,18);2-3,6H,4-5H2,1H3;1-2,5,13H,3-4H2,(H,11,12);1-2,5H,3-4H2;2,4,6H,1,3,5H2;2*1H2;1H4/b;;14-11+;;;;;;;;/t19-,23?;18-,22?;;;;;;;;;/m00........./s1. The normalized spacial score (nSPS) is 20.3. The number of pyridine rings is 7. The van der Waals surface area contributed by atoms with E-state index in [1.54, 1.807) is 55.1 Å². The number of ketones is 1. The number of likely N-dealkylation sites (tertiary alicyclic amines) is 2. The van der Waals surface area contributed by atoms with Gasteiger partial charge >= 0.3 is 5.97 Å². The highest BCUT2D eigenvalue weighted by molar-refractivity contribution is 6.41. The molecule has 5 unspecified atom stereocenters. The maximum atomic E-state index is 13.3. The number of Topliss-reactive ketones (excluding diaryl/α,β-unsaturated/α-hetero) is 1. The number of allylic oxidation sites excluding steroid dienone is 1. The van der Waals surface area contributed by atoms with Crippen molar-refractivity contribution in [2.75, 3.05) is 30.3 Å². The summed E-state index contributed by atoms with van der Waals surface area (Å²) >= 11 is 37.2. The van der Waals surface area contributed by atoms with Crippen molar-refractivity contribution < 1.29 is 54.0 Å². The molecule has 26 nitrogen and oxygen atoms in total. The molecule has 3 aliphatic heterocycles. The van der Waals surface area contributed by atoms with E-state index < -0.39 is 46.7 Å². The van der Waals surface area contributed by atoms with Gasteiger partial charge in [-0.3, -0.25) is 63.7 Å². The second-order valence-corrected chi connectivity index (χ2v) is 39.3. The quantitative estimate of drug-likeness (QED) is 0.0406. The van der Waals surface area contributed by atoms with Crippen LogP contribution in [-0.2, 0) is 141 Å². The molecule has 10 heterocycles. The first-order valence-electron chi connectivity index (χ1n) is 48.7. The SMILES string of the molecule is C.C(=C1/CCc2cccnc21)/c1ccccc1.CC1(C#N)CCc2cccnc21.CCc1ccc(Cl)cc1CNC(=O)C1CCCN1.CCc1ccc(Cl)cc1CNC(=O)[C@@H]1CCCN1C(=O)C1(O)CCc2cccnc21.ClCCl.ClCCl.NCc1ccc(Cl)cc1CNC(=O)[C@@H]1CCCN1C(=O)C1(O)CCc2cccnc21.O=C(O)C1(O)CCc2cccnc21.O=C1CCc2cccnc21.c1cnc2c(c1)CCC2. The van der Waals surface area contributed by atoms with Crippen molar-refractivity contribution in [2.24, 2.45) is 5.73 Å². The number of carbonyl (C=O) groups excluding carboxylic acids is 6. The number of aryl methyl sites for hydroxylation is 10. The minimum Gasteiger partial charge on any atom is -0.479 e. The molecule has 10 N–H and O–H groups in total. The van der Waals surface area contributed by atoms with Crippen molar-refractivity contribution in [3.05, 3.63) is 346 Å². The Bertz CT molecular complexity index is 6170. The lowest BCUT2D eigenvalue weighted by Crippen LogP contribution is -2.52. The number of nitrogens with one attached hydrogen (secondary N) is 4. The van der Waals surface area contributed by atoms with E-state index in [1.165, 1.54) is 80.0 Å². The molecule has 145 heavy (non-hydrogen) atoms. The van der Waals surface area contributed by atoms with Gasteiger partial charge in [0.1, 0.15) is 17.8 Å². The lowest BCUT2D eigenvalue weighted by atomic mass is 9.90. The van der Waals surface area contributed by atoms with Crippen LogP contribution >= 0.6 is 81.2 Å². The Morgan fingerprint density at radius 2 is 0.862 bits per heavy atom. The number of amides is 5. The van der Waals surface area contributed by atoms with E-state index in [1.807, 2.05) is 116 Å². The summed E-state index contributed by atoms with van der Waals surface area (Å²) in [5.41, 5.74) is 22.2. The highest BCUT2D eigenvalue weighted by atomic mass is 35.5. The molecule has 3 fully saturated rings. The third-order valence-electron chi connectivity index (χ3n) is 27.2. The number of hydrogen-bond acceptors (Lipinski definition) is 20. The van der Waals surface area contributed by atoms with E-state index >= 15 is 0 Å². The topological polar surface area (TPSA) is 395 Å².